The molecule has 0 spiro atoms. The van der Waals surface area contributed by atoms with Crippen LogP contribution in [0.2, 0.25) is 0 Å². The molecule has 1 atom stereocenters. The minimum Gasteiger partial charge on any atom is -0.493 e. The summed E-state index contributed by atoms with van der Waals surface area (Å²) in [5.74, 6) is 0.159. The van der Waals surface area contributed by atoms with Gasteiger partial charge >= 0.3 is 5.97 Å². The van der Waals surface area contributed by atoms with E-state index in [1.807, 2.05) is 52.8 Å². The van der Waals surface area contributed by atoms with Gasteiger partial charge in [0.1, 0.15) is 0 Å². The predicted octanol–water partition coefficient (Wildman–Crippen LogP) is 6.15. The third kappa shape index (κ3) is 5.28. The monoisotopic (exact) mass is 558 g/mol. The zero-order chi connectivity index (χ0) is 29.6. The summed E-state index contributed by atoms with van der Waals surface area (Å²) in [6, 6.07) is 7.50. The van der Waals surface area contributed by atoms with E-state index >= 15 is 0 Å². The van der Waals surface area contributed by atoms with E-state index in [0.717, 1.165) is 63.4 Å². The minimum atomic E-state index is -1.21. The van der Waals surface area contributed by atoms with Gasteiger partial charge in [-0.15, -0.1) is 0 Å². The molecule has 41 heavy (non-hydrogen) atoms. The topological polar surface area (TPSA) is 98.2 Å². The number of carbonyl (C=O) groups is 2. The molecule has 0 radical (unpaired) electrons. The summed E-state index contributed by atoms with van der Waals surface area (Å²) in [7, 11) is 1.62. The molecule has 0 bridgehead atoms. The maximum absolute atomic E-state index is 13.7. The number of carbonyl (C=O) groups excluding carboxylic acids is 1. The lowest BCUT2D eigenvalue weighted by Crippen LogP contribution is -2.30. The Labute approximate surface area is 241 Å². The fourth-order valence-corrected chi connectivity index (χ4v) is 5.97. The van der Waals surface area contributed by atoms with Crippen molar-refractivity contribution < 1.29 is 28.9 Å². The van der Waals surface area contributed by atoms with Crippen LogP contribution in [0.5, 0.6) is 11.5 Å². The second-order valence-electron chi connectivity index (χ2n) is 11.8. The van der Waals surface area contributed by atoms with Gasteiger partial charge in [0.15, 0.2) is 17.6 Å². The number of ether oxygens (including phenoxy) is 3. The number of pyridine rings is 1. The molecule has 216 valence electrons. The Morgan fingerprint density at radius 3 is 2.49 bits per heavy atom. The Morgan fingerprint density at radius 2 is 1.85 bits per heavy atom. The molecule has 1 aromatic heterocycles. The molecular weight excluding hydrogens is 520 g/mol. The number of carboxylic acid groups (broad SMARTS) is 1. The van der Waals surface area contributed by atoms with Crippen LogP contribution in [-0.4, -0.2) is 47.8 Å². The molecule has 0 unspecified atom stereocenters. The van der Waals surface area contributed by atoms with Gasteiger partial charge < -0.3 is 24.2 Å². The van der Waals surface area contributed by atoms with Crippen molar-refractivity contribution >= 4 is 17.6 Å². The van der Waals surface area contributed by atoms with E-state index in [1.54, 1.807) is 24.3 Å². The summed E-state index contributed by atoms with van der Waals surface area (Å²) in [5, 5.41) is 10.5. The molecule has 3 aromatic rings. The quantitative estimate of drug-likeness (QED) is 0.387. The van der Waals surface area contributed by atoms with Crippen molar-refractivity contribution in [1.82, 2.24) is 4.98 Å². The smallest absolute Gasteiger partial charge is 0.337 e. The Bertz CT molecular complexity index is 1520. The number of amides is 1. The number of benzene rings is 2. The summed E-state index contributed by atoms with van der Waals surface area (Å²) < 4.78 is 18.0. The van der Waals surface area contributed by atoms with Crippen LogP contribution >= 0.6 is 0 Å². The highest BCUT2D eigenvalue weighted by Gasteiger charge is 2.37. The van der Waals surface area contributed by atoms with Crippen molar-refractivity contribution in [2.24, 2.45) is 0 Å². The molecule has 3 heterocycles. The molecule has 2 aromatic carbocycles. The van der Waals surface area contributed by atoms with E-state index in [4.69, 9.17) is 14.2 Å². The summed E-state index contributed by atoms with van der Waals surface area (Å²) in [6.45, 7) is 12.5. The molecule has 0 saturated carbocycles. The van der Waals surface area contributed by atoms with E-state index in [-0.39, 0.29) is 5.91 Å². The van der Waals surface area contributed by atoms with Crippen LogP contribution < -0.4 is 14.4 Å². The van der Waals surface area contributed by atoms with E-state index in [1.165, 1.54) is 0 Å². The van der Waals surface area contributed by atoms with Crippen molar-refractivity contribution in [2.45, 2.75) is 72.5 Å². The Hall–Kier alpha value is -3.91. The van der Waals surface area contributed by atoms with E-state index in [2.05, 4.69) is 11.9 Å². The van der Waals surface area contributed by atoms with Gasteiger partial charge in [0.25, 0.3) is 5.91 Å². The lowest BCUT2D eigenvalue weighted by Gasteiger charge is -2.31. The van der Waals surface area contributed by atoms with Crippen LogP contribution in [0.25, 0.3) is 11.1 Å². The Kier molecular flexibility index (Phi) is 7.55. The molecule has 0 fully saturated rings. The first-order valence-corrected chi connectivity index (χ1v) is 14.1. The van der Waals surface area contributed by atoms with Gasteiger partial charge in [-0.05, 0) is 113 Å². The summed E-state index contributed by atoms with van der Waals surface area (Å²) in [4.78, 5) is 32.6. The maximum atomic E-state index is 13.7. The number of hydrogen-bond acceptors (Lipinski definition) is 6. The average Bonchev–Trinajstić information content (AvgIpc) is 3.34. The van der Waals surface area contributed by atoms with Gasteiger partial charge in [-0.1, -0.05) is 0 Å². The second kappa shape index (κ2) is 10.8. The molecule has 2 aliphatic rings. The lowest BCUT2D eigenvalue weighted by atomic mass is 9.83. The van der Waals surface area contributed by atoms with E-state index < -0.39 is 17.7 Å². The SMILES string of the molecule is COc1cc(-c2c3c(cc(C)c2[C@H](OC(C)(C)C)C(=O)O)N(C(=O)c2ccc(C)nc2)CC3)c(C)c2c1OCCC2. The number of anilines is 1. The Morgan fingerprint density at radius 1 is 1.10 bits per heavy atom. The first kappa shape index (κ1) is 28.6. The number of rotatable bonds is 6. The van der Waals surface area contributed by atoms with Crippen LogP contribution in [0, 0.1) is 20.8 Å². The third-order valence-corrected chi connectivity index (χ3v) is 7.83. The molecule has 8 nitrogen and oxygen atoms in total. The summed E-state index contributed by atoms with van der Waals surface area (Å²) in [5.41, 5.74) is 7.42. The zero-order valence-electron chi connectivity index (χ0n) is 24.9. The van der Waals surface area contributed by atoms with Gasteiger partial charge in [0.05, 0.1) is 24.9 Å². The predicted molar refractivity (Wildman–Crippen MR) is 157 cm³/mol. The number of carboxylic acids is 1. The van der Waals surface area contributed by atoms with Crippen LogP contribution in [-0.2, 0) is 22.4 Å². The number of aliphatic carboxylic acids is 1. The highest BCUT2D eigenvalue weighted by Crippen LogP contribution is 2.49. The van der Waals surface area contributed by atoms with Crippen molar-refractivity contribution in [3.8, 4) is 22.6 Å². The molecule has 5 rings (SSSR count). The molecule has 8 heteroatoms. The van der Waals surface area contributed by atoms with Crippen molar-refractivity contribution in [3.05, 3.63) is 69.5 Å². The number of aromatic nitrogens is 1. The number of nitrogens with zero attached hydrogens (tertiary/aromatic N) is 2. The van der Waals surface area contributed by atoms with Crippen molar-refractivity contribution in [3.63, 3.8) is 0 Å². The molecule has 0 saturated heterocycles. The molecular formula is C33H38N2O6. The largest absolute Gasteiger partial charge is 0.493 e. The molecule has 0 aliphatic carbocycles. The van der Waals surface area contributed by atoms with Crippen molar-refractivity contribution in [2.75, 3.05) is 25.2 Å². The second-order valence-corrected chi connectivity index (χ2v) is 11.8. The van der Waals surface area contributed by atoms with Crippen LogP contribution in [0.15, 0.2) is 30.5 Å². The number of aryl methyl sites for hydroxylation is 2. The number of fused-ring (bicyclic) bond motifs is 2. The fourth-order valence-electron chi connectivity index (χ4n) is 5.97. The molecule has 1 N–H and O–H groups in total. The molecule has 1 amide bonds. The highest BCUT2D eigenvalue weighted by atomic mass is 16.5. The first-order chi connectivity index (χ1) is 19.4. The van der Waals surface area contributed by atoms with Gasteiger partial charge in [0, 0.05) is 35.2 Å². The zero-order valence-corrected chi connectivity index (χ0v) is 24.9. The van der Waals surface area contributed by atoms with Crippen LogP contribution in [0.1, 0.15) is 77.2 Å². The summed E-state index contributed by atoms with van der Waals surface area (Å²) in [6.07, 6.45) is 2.69. The minimum absolute atomic E-state index is 0.136. The van der Waals surface area contributed by atoms with Gasteiger partial charge in [-0.2, -0.15) is 0 Å². The summed E-state index contributed by atoms with van der Waals surface area (Å²) >= 11 is 0. The third-order valence-electron chi connectivity index (χ3n) is 7.83. The van der Waals surface area contributed by atoms with E-state index in [0.29, 0.717) is 36.4 Å². The van der Waals surface area contributed by atoms with Gasteiger partial charge in [0.2, 0.25) is 0 Å². The van der Waals surface area contributed by atoms with Crippen LogP contribution in [0.4, 0.5) is 5.69 Å². The number of hydrogen-bond donors (Lipinski definition) is 1. The number of methoxy groups -OCH3 is 1. The van der Waals surface area contributed by atoms with Crippen molar-refractivity contribution in [1.29, 1.82) is 0 Å². The standard InChI is InChI=1S/C33H38N2O6/c1-18-15-25-23(12-13-35(25)31(36)21-11-10-19(2)34-17-21)28(27(18)30(32(37)38)41-33(4,5)6)24-16-26(39-7)29-22(20(24)3)9-8-14-40-29/h10-11,15-17,30H,8-9,12-14H2,1-7H3,(H,37,38)/t30-/m0/s1. The fraction of sp³-hybridized carbons (Fsp3) is 0.424. The molecule has 2 aliphatic heterocycles. The van der Waals surface area contributed by atoms with Gasteiger partial charge in [-0.25, -0.2) is 4.79 Å². The maximum Gasteiger partial charge on any atom is 0.337 e. The highest BCUT2D eigenvalue weighted by molar-refractivity contribution is 6.08. The normalized spacial score (nSPS) is 15.1. The Balaban J connectivity index is 1.78. The van der Waals surface area contributed by atoms with Crippen LogP contribution in [0.3, 0.4) is 0 Å². The lowest BCUT2D eigenvalue weighted by molar-refractivity contribution is -0.160. The van der Waals surface area contributed by atoms with Gasteiger partial charge in [-0.3, -0.25) is 9.78 Å². The average molecular weight is 559 g/mol. The first-order valence-electron chi connectivity index (χ1n) is 14.1. The van der Waals surface area contributed by atoms with E-state index in [9.17, 15) is 14.7 Å².